The first kappa shape index (κ1) is 16.5. The van der Waals surface area contributed by atoms with Gasteiger partial charge in [0.25, 0.3) is 5.91 Å². The van der Waals surface area contributed by atoms with Crippen molar-refractivity contribution >= 4 is 17.6 Å². The summed E-state index contributed by atoms with van der Waals surface area (Å²) in [7, 11) is 3.19. The lowest BCUT2D eigenvalue weighted by molar-refractivity contribution is -0.122. The topological polar surface area (TPSA) is 80.2 Å². The summed E-state index contributed by atoms with van der Waals surface area (Å²) in [5.74, 6) is -0.853. The summed E-state index contributed by atoms with van der Waals surface area (Å²) >= 11 is 0. The molecule has 0 saturated heterocycles. The first-order valence-electron chi connectivity index (χ1n) is 7.18. The van der Waals surface area contributed by atoms with Crippen LogP contribution in [0.25, 0.3) is 0 Å². The highest BCUT2D eigenvalue weighted by Gasteiger charge is 2.23. The second-order valence-corrected chi connectivity index (χ2v) is 5.21. The quantitative estimate of drug-likeness (QED) is 0.820. The Balaban J connectivity index is 2.28. The number of nitrogens with one attached hydrogen (secondary N) is 2. The average Bonchev–Trinajstić information content (AvgIpc) is 2.95. The summed E-state index contributed by atoms with van der Waals surface area (Å²) in [6.07, 6.45) is 1.59. The van der Waals surface area contributed by atoms with E-state index in [0.717, 1.165) is 0 Å². The molecule has 120 valence electrons. The van der Waals surface area contributed by atoms with E-state index in [1.165, 1.54) is 20.0 Å². The number of aryl methyl sites for hydroxylation is 1. The molecule has 2 rings (SSSR count). The molecule has 0 spiro atoms. The maximum absolute atomic E-state index is 12.5. The van der Waals surface area contributed by atoms with E-state index in [9.17, 15) is 14.4 Å². The molecule has 1 atom stereocenters. The van der Waals surface area contributed by atoms with Gasteiger partial charge in [-0.2, -0.15) is 0 Å². The Labute approximate surface area is 134 Å². The SMILES string of the molecule is CNC(=O)[C@H](NC(=O)c1cc(C(C)=O)cn1C)c1ccccc1. The van der Waals surface area contributed by atoms with Gasteiger partial charge in [0, 0.05) is 25.9 Å². The van der Waals surface area contributed by atoms with Gasteiger partial charge in [0.1, 0.15) is 11.7 Å². The molecular weight excluding hydrogens is 294 g/mol. The summed E-state index contributed by atoms with van der Waals surface area (Å²) in [4.78, 5) is 36.0. The van der Waals surface area contributed by atoms with Crippen LogP contribution >= 0.6 is 0 Å². The average molecular weight is 313 g/mol. The lowest BCUT2D eigenvalue weighted by Crippen LogP contribution is -2.39. The first-order chi connectivity index (χ1) is 10.9. The number of ketones is 1. The minimum absolute atomic E-state index is 0.120. The van der Waals surface area contributed by atoms with E-state index in [0.29, 0.717) is 16.8 Å². The first-order valence-corrected chi connectivity index (χ1v) is 7.18. The van der Waals surface area contributed by atoms with Gasteiger partial charge in [0.2, 0.25) is 5.91 Å². The normalized spacial score (nSPS) is 11.6. The van der Waals surface area contributed by atoms with Crippen LogP contribution in [0.2, 0.25) is 0 Å². The van der Waals surface area contributed by atoms with Gasteiger partial charge in [-0.25, -0.2) is 0 Å². The zero-order chi connectivity index (χ0) is 17.0. The fourth-order valence-electron chi connectivity index (χ4n) is 2.28. The summed E-state index contributed by atoms with van der Waals surface area (Å²) in [5.41, 5.74) is 1.45. The third-order valence-corrected chi connectivity index (χ3v) is 3.56. The molecule has 0 saturated carbocycles. The van der Waals surface area contributed by atoms with Crippen LogP contribution in [0.3, 0.4) is 0 Å². The highest BCUT2D eigenvalue weighted by atomic mass is 16.2. The van der Waals surface area contributed by atoms with Gasteiger partial charge < -0.3 is 15.2 Å². The molecule has 1 heterocycles. The zero-order valence-corrected chi connectivity index (χ0v) is 13.3. The predicted octanol–water partition coefficient (Wildman–Crippen LogP) is 1.44. The molecular formula is C17H19N3O3. The molecule has 2 N–H and O–H groups in total. The van der Waals surface area contributed by atoms with Gasteiger partial charge in [-0.15, -0.1) is 0 Å². The molecule has 0 aliphatic heterocycles. The summed E-state index contributed by atoms with van der Waals surface area (Å²) in [6, 6.07) is 9.69. The Kier molecular flexibility index (Phi) is 4.95. The summed E-state index contributed by atoms with van der Waals surface area (Å²) < 4.78 is 1.57. The number of carbonyl (C=O) groups is 3. The van der Waals surface area contributed by atoms with Crippen molar-refractivity contribution in [2.45, 2.75) is 13.0 Å². The molecule has 0 aliphatic carbocycles. The number of Topliss-reactive ketones (excluding diaryl/α,β-unsaturated/α-hetero) is 1. The molecule has 6 nitrogen and oxygen atoms in total. The molecule has 0 fully saturated rings. The van der Waals surface area contributed by atoms with Crippen LogP contribution in [0.4, 0.5) is 0 Å². The van der Waals surface area contributed by atoms with Crippen molar-refractivity contribution in [3.05, 3.63) is 59.4 Å². The number of carbonyl (C=O) groups excluding carboxylic acids is 3. The monoisotopic (exact) mass is 313 g/mol. The van der Waals surface area contributed by atoms with Crippen molar-refractivity contribution in [1.29, 1.82) is 0 Å². The molecule has 0 aliphatic rings. The second kappa shape index (κ2) is 6.91. The minimum atomic E-state index is -0.802. The second-order valence-electron chi connectivity index (χ2n) is 5.21. The molecule has 2 aromatic rings. The molecule has 23 heavy (non-hydrogen) atoms. The number of amides is 2. The number of nitrogens with zero attached hydrogens (tertiary/aromatic N) is 1. The standard InChI is InChI=1S/C17H19N3O3/c1-11(21)13-9-14(20(3)10-13)16(22)19-15(17(23)18-2)12-7-5-4-6-8-12/h4-10,15H,1-3H3,(H,18,23)(H,19,22)/t15-/m1/s1. The molecule has 2 amide bonds. The van der Waals surface area contributed by atoms with E-state index in [-0.39, 0.29) is 11.7 Å². The van der Waals surface area contributed by atoms with Gasteiger partial charge in [-0.1, -0.05) is 30.3 Å². The Bertz CT molecular complexity index is 735. The minimum Gasteiger partial charge on any atom is -0.357 e. The van der Waals surface area contributed by atoms with E-state index in [1.807, 2.05) is 6.07 Å². The third kappa shape index (κ3) is 3.66. The van der Waals surface area contributed by atoms with Crippen molar-refractivity contribution < 1.29 is 14.4 Å². The molecule has 1 aromatic carbocycles. The number of aromatic nitrogens is 1. The summed E-state index contributed by atoms with van der Waals surface area (Å²) in [5, 5.41) is 5.25. The Morgan fingerprint density at radius 3 is 2.30 bits per heavy atom. The van der Waals surface area contributed by atoms with E-state index in [2.05, 4.69) is 10.6 Å². The van der Waals surface area contributed by atoms with Crippen LogP contribution in [-0.4, -0.2) is 29.2 Å². The highest BCUT2D eigenvalue weighted by molar-refractivity contribution is 6.00. The van der Waals surface area contributed by atoms with Crippen LogP contribution < -0.4 is 10.6 Å². The largest absolute Gasteiger partial charge is 0.357 e. The smallest absolute Gasteiger partial charge is 0.268 e. The molecule has 0 radical (unpaired) electrons. The van der Waals surface area contributed by atoms with Crippen LogP contribution in [0.5, 0.6) is 0 Å². The molecule has 1 aromatic heterocycles. The number of benzene rings is 1. The fourth-order valence-corrected chi connectivity index (χ4v) is 2.28. The van der Waals surface area contributed by atoms with Crippen LogP contribution in [0, 0.1) is 0 Å². The Morgan fingerprint density at radius 1 is 1.13 bits per heavy atom. The fraction of sp³-hybridized carbons (Fsp3) is 0.235. The van der Waals surface area contributed by atoms with Gasteiger partial charge >= 0.3 is 0 Å². The lowest BCUT2D eigenvalue weighted by Gasteiger charge is -2.17. The molecule has 0 bridgehead atoms. The van der Waals surface area contributed by atoms with E-state index >= 15 is 0 Å². The van der Waals surface area contributed by atoms with Gasteiger partial charge in [0.05, 0.1) is 0 Å². The van der Waals surface area contributed by atoms with Crippen LogP contribution in [0.15, 0.2) is 42.6 Å². The van der Waals surface area contributed by atoms with E-state index in [1.54, 1.807) is 42.1 Å². The number of hydrogen-bond acceptors (Lipinski definition) is 3. The van der Waals surface area contributed by atoms with Gasteiger partial charge in [-0.05, 0) is 18.6 Å². The maximum atomic E-state index is 12.5. The van der Waals surface area contributed by atoms with Crippen LogP contribution in [-0.2, 0) is 11.8 Å². The predicted molar refractivity (Wildman–Crippen MR) is 86.1 cm³/mol. The van der Waals surface area contributed by atoms with Crippen LogP contribution in [0.1, 0.15) is 39.4 Å². The maximum Gasteiger partial charge on any atom is 0.268 e. The molecule has 6 heteroatoms. The number of hydrogen-bond donors (Lipinski definition) is 2. The van der Waals surface area contributed by atoms with Crippen molar-refractivity contribution in [3.63, 3.8) is 0 Å². The Hall–Kier alpha value is -2.89. The highest BCUT2D eigenvalue weighted by Crippen LogP contribution is 2.15. The number of likely N-dealkylation sites (N-methyl/N-ethyl adjacent to an activating group) is 1. The van der Waals surface area contributed by atoms with Crippen molar-refractivity contribution in [2.75, 3.05) is 7.05 Å². The third-order valence-electron chi connectivity index (χ3n) is 3.56. The molecule has 0 unspecified atom stereocenters. The van der Waals surface area contributed by atoms with Crippen molar-refractivity contribution in [1.82, 2.24) is 15.2 Å². The van der Waals surface area contributed by atoms with Gasteiger partial charge in [-0.3, -0.25) is 14.4 Å². The van der Waals surface area contributed by atoms with E-state index < -0.39 is 11.9 Å². The lowest BCUT2D eigenvalue weighted by atomic mass is 10.1. The zero-order valence-electron chi connectivity index (χ0n) is 13.3. The summed E-state index contributed by atoms with van der Waals surface area (Å²) in [6.45, 7) is 1.44. The Morgan fingerprint density at radius 2 is 1.78 bits per heavy atom. The van der Waals surface area contributed by atoms with Gasteiger partial charge in [0.15, 0.2) is 5.78 Å². The van der Waals surface area contributed by atoms with Crippen molar-refractivity contribution in [2.24, 2.45) is 7.05 Å². The number of rotatable bonds is 5. The van der Waals surface area contributed by atoms with E-state index in [4.69, 9.17) is 0 Å². The van der Waals surface area contributed by atoms with Crippen molar-refractivity contribution in [3.8, 4) is 0 Å².